The minimum atomic E-state index is -0.235. The number of benzene rings is 3. The summed E-state index contributed by atoms with van der Waals surface area (Å²) in [6.07, 6.45) is 2.85. The van der Waals surface area contributed by atoms with Gasteiger partial charge in [-0.15, -0.1) is 0 Å². The number of carbonyl (C=O) groups excluding carboxylic acids is 1. The molecule has 1 saturated heterocycles. The summed E-state index contributed by atoms with van der Waals surface area (Å²) in [4.78, 5) is 13.2. The van der Waals surface area contributed by atoms with Crippen LogP contribution in [0.4, 0.5) is 5.69 Å². The molecule has 0 bridgehead atoms. The lowest BCUT2D eigenvalue weighted by atomic mass is 10.1. The van der Waals surface area contributed by atoms with E-state index in [2.05, 4.69) is 45.6 Å². The first-order valence-electron chi connectivity index (χ1n) is 10.2. The quantitative estimate of drug-likeness (QED) is 0.329. The van der Waals surface area contributed by atoms with E-state index >= 15 is 0 Å². The number of aryl methyl sites for hydroxylation is 1. The topological polar surface area (TPSA) is 50.4 Å². The van der Waals surface area contributed by atoms with Crippen LogP contribution in [0.15, 0.2) is 76.1 Å². The first-order chi connectivity index (χ1) is 15.5. The maximum absolute atomic E-state index is 12.6. The van der Waals surface area contributed by atoms with Gasteiger partial charge in [0.25, 0.3) is 5.91 Å². The number of amides is 1. The van der Waals surface area contributed by atoms with Crippen molar-refractivity contribution in [2.45, 2.75) is 25.4 Å². The van der Waals surface area contributed by atoms with E-state index in [4.69, 9.17) is 16.3 Å². The number of nitrogens with one attached hydrogen (secondary N) is 2. The summed E-state index contributed by atoms with van der Waals surface area (Å²) in [5, 5.41) is 6.99. The van der Waals surface area contributed by atoms with E-state index in [0.717, 1.165) is 27.7 Å². The van der Waals surface area contributed by atoms with Crippen LogP contribution in [0.25, 0.3) is 6.08 Å². The molecule has 32 heavy (non-hydrogen) atoms. The fourth-order valence-electron chi connectivity index (χ4n) is 3.23. The summed E-state index contributed by atoms with van der Waals surface area (Å²) >= 11 is 11.2. The van der Waals surface area contributed by atoms with Crippen LogP contribution in [0, 0.1) is 0 Å². The second-order valence-electron chi connectivity index (χ2n) is 7.24. The Hall–Kier alpha value is -2.41. The number of halogens is 2. The Morgan fingerprint density at radius 2 is 1.94 bits per heavy atom. The van der Waals surface area contributed by atoms with Crippen LogP contribution in [0.2, 0.25) is 5.02 Å². The van der Waals surface area contributed by atoms with Crippen molar-refractivity contribution < 1.29 is 9.53 Å². The second-order valence-corrected chi connectivity index (χ2v) is 9.71. The molecule has 1 fully saturated rings. The summed E-state index contributed by atoms with van der Waals surface area (Å²) in [5.74, 6) is 0.565. The van der Waals surface area contributed by atoms with Gasteiger partial charge in [0, 0.05) is 26.3 Å². The summed E-state index contributed by atoms with van der Waals surface area (Å²) < 4.78 is 6.95. The Balaban J connectivity index is 1.49. The van der Waals surface area contributed by atoms with Crippen LogP contribution in [0.1, 0.15) is 23.6 Å². The molecule has 4 nitrogen and oxygen atoms in total. The summed E-state index contributed by atoms with van der Waals surface area (Å²) in [6, 6.07) is 21.6. The predicted molar refractivity (Wildman–Crippen MR) is 137 cm³/mol. The molecule has 1 amide bonds. The average molecular weight is 530 g/mol. The first kappa shape index (κ1) is 22.8. The van der Waals surface area contributed by atoms with Gasteiger partial charge in [-0.3, -0.25) is 4.79 Å². The number of hydrogen-bond acceptors (Lipinski definition) is 4. The van der Waals surface area contributed by atoms with Crippen molar-refractivity contribution >= 4 is 57.0 Å². The van der Waals surface area contributed by atoms with Gasteiger partial charge < -0.3 is 15.4 Å². The second kappa shape index (κ2) is 10.5. The van der Waals surface area contributed by atoms with E-state index in [1.807, 2.05) is 60.7 Å². The van der Waals surface area contributed by atoms with Gasteiger partial charge in [0.05, 0.1) is 4.91 Å². The lowest BCUT2D eigenvalue weighted by Gasteiger charge is -2.13. The van der Waals surface area contributed by atoms with Crippen molar-refractivity contribution in [3.8, 4) is 5.75 Å². The SMILES string of the molecule is CCc1ccc(N[C@H]2NC(=O)/C(=C/c3cc(Br)ccc3OCc3ccccc3Cl)S2)cc1. The molecule has 0 saturated carbocycles. The van der Waals surface area contributed by atoms with Crippen LogP contribution in [0.3, 0.4) is 0 Å². The maximum Gasteiger partial charge on any atom is 0.260 e. The lowest BCUT2D eigenvalue weighted by Crippen LogP contribution is -2.30. The van der Waals surface area contributed by atoms with Gasteiger partial charge in [-0.25, -0.2) is 0 Å². The third-order valence-electron chi connectivity index (χ3n) is 4.99. The highest BCUT2D eigenvalue weighted by molar-refractivity contribution is 9.10. The highest BCUT2D eigenvalue weighted by atomic mass is 79.9. The van der Waals surface area contributed by atoms with E-state index in [1.165, 1.54) is 17.3 Å². The van der Waals surface area contributed by atoms with E-state index in [1.54, 1.807) is 0 Å². The number of ether oxygens (including phenoxy) is 1. The van der Waals surface area contributed by atoms with Crippen LogP contribution < -0.4 is 15.4 Å². The fourth-order valence-corrected chi connectivity index (χ4v) is 4.77. The average Bonchev–Trinajstić information content (AvgIpc) is 3.13. The van der Waals surface area contributed by atoms with Gasteiger partial charge in [0.15, 0.2) is 5.50 Å². The molecular weight excluding hydrogens is 508 g/mol. The minimum absolute atomic E-state index is 0.116. The molecule has 1 aliphatic heterocycles. The number of carbonyl (C=O) groups is 1. The van der Waals surface area contributed by atoms with Crippen molar-refractivity contribution in [1.29, 1.82) is 0 Å². The molecule has 0 radical (unpaired) electrons. The molecule has 3 aromatic rings. The first-order valence-corrected chi connectivity index (χ1v) is 12.3. The van der Waals surface area contributed by atoms with Crippen LogP contribution in [-0.2, 0) is 17.8 Å². The highest BCUT2D eigenvalue weighted by Crippen LogP contribution is 2.34. The zero-order valence-corrected chi connectivity index (χ0v) is 20.6. The van der Waals surface area contributed by atoms with E-state index in [0.29, 0.717) is 22.3 Å². The number of rotatable bonds is 7. The molecule has 2 N–H and O–H groups in total. The number of hydrogen-bond donors (Lipinski definition) is 2. The van der Waals surface area contributed by atoms with Crippen molar-refractivity contribution in [1.82, 2.24) is 5.32 Å². The van der Waals surface area contributed by atoms with Gasteiger partial charge in [-0.05, 0) is 54.5 Å². The van der Waals surface area contributed by atoms with E-state index < -0.39 is 0 Å². The molecule has 0 unspecified atom stereocenters. The monoisotopic (exact) mass is 528 g/mol. The highest BCUT2D eigenvalue weighted by Gasteiger charge is 2.27. The van der Waals surface area contributed by atoms with Gasteiger partial charge >= 0.3 is 0 Å². The van der Waals surface area contributed by atoms with Crippen molar-refractivity contribution in [2.75, 3.05) is 5.32 Å². The van der Waals surface area contributed by atoms with Crippen molar-refractivity contribution in [3.05, 3.63) is 97.8 Å². The molecule has 1 aliphatic rings. The molecule has 3 aromatic carbocycles. The Bertz CT molecular complexity index is 1150. The van der Waals surface area contributed by atoms with Crippen molar-refractivity contribution in [2.24, 2.45) is 0 Å². The Labute approximate surface area is 205 Å². The number of anilines is 1. The molecule has 1 heterocycles. The molecule has 7 heteroatoms. The van der Waals surface area contributed by atoms with E-state index in [-0.39, 0.29) is 11.4 Å². The van der Waals surface area contributed by atoms with Gasteiger partial charge in [0.2, 0.25) is 0 Å². The maximum atomic E-state index is 12.6. The van der Waals surface area contributed by atoms with Gasteiger partial charge in [-0.2, -0.15) is 0 Å². The Morgan fingerprint density at radius 3 is 2.69 bits per heavy atom. The van der Waals surface area contributed by atoms with Gasteiger partial charge in [-0.1, -0.05) is 76.5 Å². The zero-order valence-electron chi connectivity index (χ0n) is 17.4. The van der Waals surface area contributed by atoms with Crippen molar-refractivity contribution in [3.63, 3.8) is 0 Å². The summed E-state index contributed by atoms with van der Waals surface area (Å²) in [6.45, 7) is 2.47. The molecule has 1 atom stereocenters. The third-order valence-corrected chi connectivity index (χ3v) is 6.88. The van der Waals surface area contributed by atoms with E-state index in [9.17, 15) is 4.79 Å². The fraction of sp³-hybridized carbons (Fsp3) is 0.160. The molecule has 0 aliphatic carbocycles. The van der Waals surface area contributed by atoms with Crippen LogP contribution >= 0.6 is 39.3 Å². The molecule has 164 valence electrons. The van der Waals surface area contributed by atoms with Gasteiger partial charge in [0.1, 0.15) is 12.4 Å². The van der Waals surface area contributed by atoms with Crippen LogP contribution in [0.5, 0.6) is 5.75 Å². The molecule has 4 rings (SSSR count). The molecular formula is C25H22BrClN2O2S. The zero-order chi connectivity index (χ0) is 22.5. The standard InChI is InChI=1S/C25H22BrClN2O2S/c1-2-16-7-10-20(11-8-16)28-25-29-24(30)23(32-25)14-18-13-19(26)9-12-22(18)31-15-17-5-3-4-6-21(17)27/h3-14,25,28H,2,15H2,1H3,(H,29,30)/b23-14-/t25-/m0/s1. The number of thioether (sulfide) groups is 1. The smallest absolute Gasteiger partial charge is 0.260 e. The largest absolute Gasteiger partial charge is 0.488 e. The lowest BCUT2D eigenvalue weighted by molar-refractivity contribution is -0.116. The molecule has 0 aromatic heterocycles. The normalized spacial score (nSPS) is 16.8. The Morgan fingerprint density at radius 1 is 1.16 bits per heavy atom. The summed E-state index contributed by atoms with van der Waals surface area (Å²) in [5.41, 5.74) is 3.73. The minimum Gasteiger partial charge on any atom is -0.488 e. The third kappa shape index (κ3) is 5.68. The predicted octanol–water partition coefficient (Wildman–Crippen LogP) is 6.84. The molecule has 0 spiro atoms. The van der Waals surface area contributed by atoms with Crippen LogP contribution in [-0.4, -0.2) is 11.4 Å². The Kier molecular flexibility index (Phi) is 7.45. The summed E-state index contributed by atoms with van der Waals surface area (Å²) in [7, 11) is 0.